The molecule has 1 aliphatic heterocycles. The van der Waals surface area contributed by atoms with Crippen LogP contribution < -0.4 is 19.7 Å². The third-order valence-electron chi connectivity index (χ3n) is 9.51. The molecule has 1 heterocycles. The largest absolute Gasteiger partial charge is 2.00 e. The molecule has 4 aromatic rings. The van der Waals surface area contributed by atoms with E-state index in [1.807, 2.05) is 60.7 Å². The van der Waals surface area contributed by atoms with Crippen LogP contribution in [0.1, 0.15) is 135 Å². The zero-order valence-corrected chi connectivity index (χ0v) is 36.5. The van der Waals surface area contributed by atoms with E-state index in [2.05, 4.69) is 117 Å². The molecule has 0 bridgehead atoms. The van der Waals surface area contributed by atoms with Crippen LogP contribution in [0.2, 0.25) is 0 Å². The summed E-state index contributed by atoms with van der Waals surface area (Å²) in [5, 5.41) is 26.6. The monoisotopic (exact) mass is 774 g/mol. The smallest absolute Gasteiger partial charge is 0.873 e. The second-order valence-corrected chi connectivity index (χ2v) is 18.6. The molecule has 4 aromatic carbocycles. The first kappa shape index (κ1) is 44.3. The van der Waals surface area contributed by atoms with Crippen molar-refractivity contribution in [3.05, 3.63) is 93.0 Å². The molecule has 0 spiro atoms. The Labute approximate surface area is 335 Å². The van der Waals surface area contributed by atoms with Crippen molar-refractivity contribution in [1.29, 1.82) is 0 Å². The van der Waals surface area contributed by atoms with Crippen LogP contribution in [-0.2, 0) is 38.2 Å². The van der Waals surface area contributed by atoms with Crippen molar-refractivity contribution in [2.24, 2.45) is 9.98 Å². The summed E-state index contributed by atoms with van der Waals surface area (Å²) in [4.78, 5) is 9.30. The molecule has 1 aliphatic rings. The van der Waals surface area contributed by atoms with Gasteiger partial charge in [-0.1, -0.05) is 126 Å². The van der Waals surface area contributed by atoms with Crippen molar-refractivity contribution in [3.63, 3.8) is 0 Å². The SMILES string of the molecule is CC(C)(C)c1cc2c(c(C(C)(C)C)c1)Oc1c(c(C(C)(C)C)c([O-])c([O-])c1C(C)(C)C)O2.CC(C=Nc1c(C)cccc1C)=Nc1c(C)cccc1C.[Ni+2]. The van der Waals surface area contributed by atoms with Gasteiger partial charge in [-0.15, -0.1) is 11.5 Å². The topological polar surface area (TPSA) is 89.3 Å². The number of hydrogen-bond acceptors (Lipinski definition) is 6. The van der Waals surface area contributed by atoms with Crippen LogP contribution >= 0.6 is 0 Å². The second kappa shape index (κ2) is 15.9. The second-order valence-electron chi connectivity index (χ2n) is 18.6. The van der Waals surface area contributed by atoms with Gasteiger partial charge in [-0.05, 0) is 101 Å². The minimum Gasteiger partial charge on any atom is -0.873 e. The van der Waals surface area contributed by atoms with E-state index >= 15 is 0 Å². The van der Waals surface area contributed by atoms with E-state index in [0.29, 0.717) is 34.1 Å². The van der Waals surface area contributed by atoms with Crippen LogP contribution in [-0.4, -0.2) is 11.9 Å². The van der Waals surface area contributed by atoms with Gasteiger partial charge in [0, 0.05) is 11.8 Å². The van der Waals surface area contributed by atoms with Crippen LogP contribution in [0.25, 0.3) is 0 Å². The molecule has 54 heavy (non-hydrogen) atoms. The molecule has 0 atom stereocenters. The van der Waals surface area contributed by atoms with Crippen LogP contribution in [0.4, 0.5) is 11.4 Å². The third kappa shape index (κ3) is 9.58. The molecule has 0 saturated carbocycles. The number of aliphatic imine (C=N–C) groups is 2. The first-order chi connectivity index (χ1) is 24.2. The van der Waals surface area contributed by atoms with Crippen LogP contribution in [0, 0.1) is 27.7 Å². The number of nitrogens with zero attached hydrogens (tertiary/aromatic N) is 2. The molecule has 0 aromatic heterocycles. The number of hydrogen-bond donors (Lipinski definition) is 0. The molecule has 6 nitrogen and oxygen atoms in total. The number of ether oxygens (including phenoxy) is 2. The molecule has 0 fully saturated rings. The van der Waals surface area contributed by atoms with Gasteiger partial charge in [-0.3, -0.25) is 9.98 Å². The van der Waals surface area contributed by atoms with Gasteiger partial charge in [0.15, 0.2) is 23.0 Å². The van der Waals surface area contributed by atoms with Crippen molar-refractivity contribution in [1.82, 2.24) is 0 Å². The van der Waals surface area contributed by atoms with Gasteiger partial charge < -0.3 is 19.7 Å². The van der Waals surface area contributed by atoms with E-state index in [9.17, 15) is 10.2 Å². The maximum atomic E-state index is 13.3. The summed E-state index contributed by atoms with van der Waals surface area (Å²) in [6, 6.07) is 16.6. The Balaban J connectivity index is 0.000000310. The van der Waals surface area contributed by atoms with Gasteiger partial charge in [0.25, 0.3) is 0 Å². The van der Waals surface area contributed by atoms with E-state index in [-0.39, 0.29) is 27.3 Å². The number of fused-ring (bicyclic) bond motifs is 2. The molecule has 7 heteroatoms. The van der Waals surface area contributed by atoms with E-state index in [0.717, 1.165) is 28.2 Å². The molecule has 0 saturated heterocycles. The minimum absolute atomic E-state index is 0. The average Bonchev–Trinajstić information content (AvgIpc) is 3.00. The number of para-hydroxylation sites is 2. The molecule has 0 aliphatic carbocycles. The van der Waals surface area contributed by atoms with Gasteiger partial charge >= 0.3 is 16.5 Å². The van der Waals surface area contributed by atoms with Gasteiger partial charge in [0.1, 0.15) is 0 Å². The Morgan fingerprint density at radius 1 is 0.574 bits per heavy atom. The summed E-state index contributed by atoms with van der Waals surface area (Å²) in [5.74, 6) is 0.978. The zero-order chi connectivity index (χ0) is 40.0. The molecule has 0 radical (unpaired) electrons. The predicted octanol–water partition coefficient (Wildman–Crippen LogP) is 12.3. The zero-order valence-electron chi connectivity index (χ0n) is 35.5. The van der Waals surface area contributed by atoms with Crippen molar-refractivity contribution in [3.8, 4) is 34.5 Å². The molecular weight excluding hydrogens is 715 g/mol. The van der Waals surface area contributed by atoms with Gasteiger partial charge in [0.05, 0.1) is 17.1 Å². The first-order valence-electron chi connectivity index (χ1n) is 18.6. The maximum Gasteiger partial charge on any atom is 2.00 e. The van der Waals surface area contributed by atoms with Crippen LogP contribution in [0.3, 0.4) is 0 Å². The molecule has 0 amide bonds. The normalized spacial score (nSPS) is 13.2. The number of aryl methyl sites for hydroxylation is 4. The molecule has 292 valence electrons. The van der Waals surface area contributed by atoms with Crippen molar-refractivity contribution >= 4 is 23.3 Å². The first-order valence-corrected chi connectivity index (χ1v) is 18.6. The summed E-state index contributed by atoms with van der Waals surface area (Å²) < 4.78 is 13.1. The fourth-order valence-electron chi connectivity index (χ4n) is 6.56. The van der Waals surface area contributed by atoms with Crippen molar-refractivity contribution in [2.75, 3.05) is 0 Å². The fourth-order valence-corrected chi connectivity index (χ4v) is 6.56. The van der Waals surface area contributed by atoms with Gasteiger partial charge in [-0.2, -0.15) is 0 Å². The predicted molar refractivity (Wildman–Crippen MR) is 219 cm³/mol. The van der Waals surface area contributed by atoms with Gasteiger partial charge in [0.2, 0.25) is 0 Å². The molecular formula is C47H60N2NiO4. The third-order valence-corrected chi connectivity index (χ3v) is 9.51. The van der Waals surface area contributed by atoms with Crippen molar-refractivity contribution in [2.45, 2.75) is 139 Å². The Morgan fingerprint density at radius 3 is 1.41 bits per heavy atom. The van der Waals surface area contributed by atoms with E-state index < -0.39 is 22.3 Å². The molecule has 0 unspecified atom stereocenters. The van der Waals surface area contributed by atoms with E-state index in [1.54, 1.807) is 0 Å². The minimum atomic E-state index is -0.579. The summed E-state index contributed by atoms with van der Waals surface area (Å²) in [5.41, 5.74) is 9.17. The molecule has 5 rings (SSSR count). The summed E-state index contributed by atoms with van der Waals surface area (Å²) >= 11 is 0. The Hall–Kier alpha value is -4.09. The summed E-state index contributed by atoms with van der Waals surface area (Å²) in [7, 11) is 0. The van der Waals surface area contributed by atoms with Crippen molar-refractivity contribution < 1.29 is 36.2 Å². The summed E-state index contributed by atoms with van der Waals surface area (Å²) in [6.07, 6.45) is 1.85. The quantitative estimate of drug-likeness (QED) is 0.135. The average molecular weight is 776 g/mol. The van der Waals surface area contributed by atoms with E-state index in [1.165, 1.54) is 22.3 Å². The van der Waals surface area contributed by atoms with E-state index in [4.69, 9.17) is 14.5 Å². The Kier molecular flexibility index (Phi) is 13.1. The fraction of sp³-hybridized carbons (Fsp3) is 0.447. The maximum absolute atomic E-state index is 13.3. The Bertz CT molecular complexity index is 2040. The molecule has 0 N–H and O–H groups in total. The van der Waals surface area contributed by atoms with Crippen LogP contribution in [0.15, 0.2) is 58.5 Å². The number of benzene rings is 4. The Morgan fingerprint density at radius 2 is 1.00 bits per heavy atom. The summed E-state index contributed by atoms with van der Waals surface area (Å²) in [6.45, 7) is 34.8. The van der Waals surface area contributed by atoms with Crippen LogP contribution in [0.5, 0.6) is 34.5 Å². The number of rotatable bonds is 3. The standard InChI is InChI=1S/C28H40O4.C19H22N2.Ni/c1-25(2,3)15-13-16(26(4,5)6)22-17(14-15)31-23-18(27(7,8)9)20(29)21(30)19(24(23)32-22)28(10,11)12;1-13-8-6-9-14(2)18(13)20-12-17(5)21-19-15(3)10-7-11-16(19)4;/h13-14,29-30H,1-12H3;6-12H,1-5H3;/q;;+2/p-2. The van der Waals surface area contributed by atoms with Gasteiger partial charge in [-0.25, -0.2) is 0 Å².